The molecule has 114 valence electrons. The normalized spacial score (nSPS) is 21.2. The maximum atomic E-state index is 12.4. The molecule has 0 spiro atoms. The van der Waals surface area contributed by atoms with E-state index in [-0.39, 0.29) is 17.2 Å². The van der Waals surface area contributed by atoms with Crippen molar-refractivity contribution >= 4 is 17.7 Å². The summed E-state index contributed by atoms with van der Waals surface area (Å²) in [6.45, 7) is 1.89. The molecule has 0 saturated carbocycles. The van der Waals surface area contributed by atoms with Crippen LogP contribution in [0.1, 0.15) is 24.1 Å². The molecule has 0 bridgehead atoms. The Labute approximate surface area is 134 Å². The summed E-state index contributed by atoms with van der Waals surface area (Å²) in [7, 11) is 0. The molecule has 0 saturated heterocycles. The molecule has 2 aromatic carbocycles. The number of rotatable bonds is 4. The lowest BCUT2D eigenvalue weighted by atomic mass is 10.1. The third kappa shape index (κ3) is 3.18. The van der Waals surface area contributed by atoms with Crippen LogP contribution in [-0.4, -0.2) is 22.4 Å². The molecule has 1 unspecified atom stereocenters. The molecule has 0 radical (unpaired) electrons. The van der Waals surface area contributed by atoms with Gasteiger partial charge in [0.1, 0.15) is 0 Å². The topological polar surface area (TPSA) is 49.3 Å². The number of hydrogen-bond acceptors (Lipinski definition) is 3. The average molecular weight is 313 g/mol. The first-order valence-electron chi connectivity index (χ1n) is 7.43. The summed E-state index contributed by atoms with van der Waals surface area (Å²) >= 11 is 1.52. The third-order valence-electron chi connectivity index (χ3n) is 3.93. The Morgan fingerprint density at radius 2 is 1.86 bits per heavy atom. The van der Waals surface area contributed by atoms with Crippen LogP contribution in [0, 0.1) is 0 Å². The molecule has 2 aromatic rings. The van der Waals surface area contributed by atoms with Crippen molar-refractivity contribution in [2.24, 2.45) is 0 Å². The lowest BCUT2D eigenvalue weighted by Gasteiger charge is -2.20. The summed E-state index contributed by atoms with van der Waals surface area (Å²) < 4.78 is 0. The van der Waals surface area contributed by atoms with Crippen LogP contribution in [0.25, 0.3) is 0 Å². The van der Waals surface area contributed by atoms with Gasteiger partial charge in [0, 0.05) is 11.3 Å². The van der Waals surface area contributed by atoms with Crippen molar-refractivity contribution in [2.45, 2.75) is 35.6 Å². The van der Waals surface area contributed by atoms with Crippen LogP contribution < -0.4 is 5.32 Å². The van der Waals surface area contributed by atoms with Crippen LogP contribution in [0.4, 0.5) is 0 Å². The van der Waals surface area contributed by atoms with Gasteiger partial charge >= 0.3 is 0 Å². The minimum atomic E-state index is -0.546. The molecule has 0 aromatic heterocycles. The van der Waals surface area contributed by atoms with Crippen molar-refractivity contribution in [3.05, 3.63) is 65.7 Å². The van der Waals surface area contributed by atoms with Crippen LogP contribution in [0.15, 0.2) is 59.5 Å². The van der Waals surface area contributed by atoms with E-state index in [1.807, 2.05) is 61.5 Å². The molecule has 1 amide bonds. The molecule has 1 aliphatic carbocycles. The molecular formula is C18H19NO2S. The van der Waals surface area contributed by atoms with Crippen molar-refractivity contribution < 1.29 is 9.90 Å². The van der Waals surface area contributed by atoms with Gasteiger partial charge in [-0.25, -0.2) is 0 Å². The van der Waals surface area contributed by atoms with Gasteiger partial charge < -0.3 is 10.4 Å². The Morgan fingerprint density at radius 1 is 1.18 bits per heavy atom. The maximum absolute atomic E-state index is 12.4. The Hall–Kier alpha value is -1.78. The van der Waals surface area contributed by atoms with Crippen LogP contribution in [0.3, 0.4) is 0 Å². The minimum Gasteiger partial charge on any atom is -0.390 e. The lowest BCUT2D eigenvalue weighted by Crippen LogP contribution is -2.38. The summed E-state index contributed by atoms with van der Waals surface area (Å²) in [5, 5.41) is 13.0. The molecule has 1 aliphatic rings. The number of benzene rings is 2. The predicted molar refractivity (Wildman–Crippen MR) is 88.8 cm³/mol. The predicted octanol–water partition coefficient (Wildman–Crippen LogP) is 2.94. The van der Waals surface area contributed by atoms with Crippen LogP contribution in [0.2, 0.25) is 0 Å². The highest BCUT2D eigenvalue weighted by Gasteiger charge is 2.32. The molecular weight excluding hydrogens is 294 g/mol. The molecule has 22 heavy (non-hydrogen) atoms. The van der Waals surface area contributed by atoms with Gasteiger partial charge in [-0.3, -0.25) is 4.79 Å². The second-order valence-electron chi connectivity index (χ2n) is 5.53. The van der Waals surface area contributed by atoms with Gasteiger partial charge in [0.05, 0.1) is 17.4 Å². The van der Waals surface area contributed by atoms with Gasteiger partial charge in [0.2, 0.25) is 5.91 Å². The second-order valence-corrected chi connectivity index (χ2v) is 6.94. The number of fused-ring (bicyclic) bond motifs is 1. The standard InChI is InChI=1S/C18H19NO2S/c1-12(22-14-8-3-2-4-9-14)18(21)19-17-15-10-6-5-7-13(15)11-16(17)20/h2-10,12,16-17,20H,11H2,1H3,(H,19,21)/t12?,16-,17+/m0/s1. The lowest BCUT2D eigenvalue weighted by molar-refractivity contribution is -0.121. The number of aliphatic hydroxyl groups is 1. The molecule has 4 heteroatoms. The first-order chi connectivity index (χ1) is 10.6. The fraction of sp³-hybridized carbons (Fsp3) is 0.278. The highest BCUT2D eigenvalue weighted by molar-refractivity contribution is 8.00. The van der Waals surface area contributed by atoms with Gasteiger partial charge in [-0.2, -0.15) is 0 Å². The van der Waals surface area contributed by atoms with E-state index in [9.17, 15) is 9.90 Å². The fourth-order valence-electron chi connectivity index (χ4n) is 2.78. The van der Waals surface area contributed by atoms with Crippen molar-refractivity contribution in [1.82, 2.24) is 5.32 Å². The molecule has 0 heterocycles. The zero-order valence-electron chi connectivity index (χ0n) is 12.4. The van der Waals surface area contributed by atoms with Crippen molar-refractivity contribution in [3.63, 3.8) is 0 Å². The number of carbonyl (C=O) groups is 1. The minimum absolute atomic E-state index is 0.0467. The van der Waals surface area contributed by atoms with E-state index < -0.39 is 6.10 Å². The van der Waals surface area contributed by atoms with Crippen molar-refractivity contribution in [3.8, 4) is 0 Å². The maximum Gasteiger partial charge on any atom is 0.233 e. The smallest absolute Gasteiger partial charge is 0.233 e. The number of hydrogen-bond donors (Lipinski definition) is 2. The Bertz CT molecular complexity index is 659. The van der Waals surface area contributed by atoms with Crippen molar-refractivity contribution in [1.29, 1.82) is 0 Å². The number of thioether (sulfide) groups is 1. The van der Waals surface area contributed by atoms with Gasteiger partial charge in [-0.15, -0.1) is 11.8 Å². The number of amides is 1. The van der Waals surface area contributed by atoms with Crippen LogP contribution in [-0.2, 0) is 11.2 Å². The third-order valence-corrected chi connectivity index (χ3v) is 5.04. The molecule has 3 nitrogen and oxygen atoms in total. The molecule has 3 atom stereocenters. The van der Waals surface area contributed by atoms with E-state index in [0.717, 1.165) is 16.0 Å². The largest absolute Gasteiger partial charge is 0.390 e. The van der Waals surface area contributed by atoms with E-state index in [1.165, 1.54) is 11.8 Å². The summed E-state index contributed by atoms with van der Waals surface area (Å²) in [5.41, 5.74) is 2.14. The van der Waals surface area contributed by atoms with Gasteiger partial charge in [0.25, 0.3) is 0 Å². The van der Waals surface area contributed by atoms with E-state index in [2.05, 4.69) is 5.32 Å². The highest BCUT2D eigenvalue weighted by atomic mass is 32.2. The van der Waals surface area contributed by atoms with E-state index in [1.54, 1.807) is 0 Å². The zero-order chi connectivity index (χ0) is 15.5. The first-order valence-corrected chi connectivity index (χ1v) is 8.31. The Morgan fingerprint density at radius 3 is 2.64 bits per heavy atom. The molecule has 0 aliphatic heterocycles. The summed E-state index contributed by atoms with van der Waals surface area (Å²) in [6, 6.07) is 17.5. The Kier molecular flexibility index (Phi) is 4.50. The second kappa shape index (κ2) is 6.55. The summed E-state index contributed by atoms with van der Waals surface area (Å²) in [5.74, 6) is -0.0467. The summed E-state index contributed by atoms with van der Waals surface area (Å²) in [4.78, 5) is 13.5. The van der Waals surface area contributed by atoms with Gasteiger partial charge in [0.15, 0.2) is 0 Å². The number of aliphatic hydroxyl groups excluding tert-OH is 1. The molecule has 0 fully saturated rings. The zero-order valence-corrected chi connectivity index (χ0v) is 13.2. The monoisotopic (exact) mass is 313 g/mol. The molecule has 2 N–H and O–H groups in total. The quantitative estimate of drug-likeness (QED) is 0.853. The van der Waals surface area contributed by atoms with Crippen LogP contribution in [0.5, 0.6) is 0 Å². The highest BCUT2D eigenvalue weighted by Crippen LogP contribution is 2.32. The van der Waals surface area contributed by atoms with Gasteiger partial charge in [-0.05, 0) is 30.2 Å². The average Bonchev–Trinajstić information content (AvgIpc) is 2.84. The SMILES string of the molecule is CC(Sc1ccccc1)C(=O)N[C@@H]1c2ccccc2C[C@@H]1O. The Balaban J connectivity index is 1.67. The summed E-state index contributed by atoms with van der Waals surface area (Å²) in [6.07, 6.45) is 0.0525. The van der Waals surface area contributed by atoms with Crippen LogP contribution >= 0.6 is 11.8 Å². The number of carbonyl (C=O) groups excluding carboxylic acids is 1. The van der Waals surface area contributed by atoms with E-state index in [4.69, 9.17) is 0 Å². The van der Waals surface area contributed by atoms with E-state index >= 15 is 0 Å². The first kappa shape index (κ1) is 15.1. The van der Waals surface area contributed by atoms with Gasteiger partial charge in [-0.1, -0.05) is 42.5 Å². The molecule has 3 rings (SSSR count). The fourth-order valence-corrected chi connectivity index (χ4v) is 3.67. The van der Waals surface area contributed by atoms with E-state index in [0.29, 0.717) is 6.42 Å². The van der Waals surface area contributed by atoms with Crippen molar-refractivity contribution in [2.75, 3.05) is 0 Å². The number of nitrogens with one attached hydrogen (secondary N) is 1.